The van der Waals surface area contributed by atoms with Crippen molar-refractivity contribution in [1.82, 2.24) is 0 Å². The summed E-state index contributed by atoms with van der Waals surface area (Å²) >= 11 is 0. The Hall–Kier alpha value is -2.82. The van der Waals surface area contributed by atoms with E-state index in [1.54, 1.807) is 18.2 Å². The third-order valence-corrected chi connectivity index (χ3v) is 3.07. The van der Waals surface area contributed by atoms with Gasteiger partial charge in [0.05, 0.1) is 14.2 Å². The molecule has 0 spiro atoms. The Balaban J connectivity index is 2.25. The third kappa shape index (κ3) is 3.44. The summed E-state index contributed by atoms with van der Waals surface area (Å²) in [5, 5.41) is 9.60. The number of phenolic OH excluding ortho intramolecular Hbond substituents is 1. The first-order valence-electron chi connectivity index (χ1n) is 6.48. The van der Waals surface area contributed by atoms with Crippen LogP contribution in [0.3, 0.4) is 0 Å². The van der Waals surface area contributed by atoms with Crippen molar-refractivity contribution in [1.29, 1.82) is 0 Å². The number of carbonyl (C=O) groups is 1. The maximum Gasteiger partial charge on any atom is 0.185 e. The number of benzene rings is 2. The fourth-order valence-corrected chi connectivity index (χ4v) is 1.91. The molecule has 0 aliphatic heterocycles. The van der Waals surface area contributed by atoms with E-state index in [0.29, 0.717) is 17.1 Å². The van der Waals surface area contributed by atoms with Crippen molar-refractivity contribution in [2.75, 3.05) is 14.2 Å². The van der Waals surface area contributed by atoms with Gasteiger partial charge in [0.2, 0.25) is 0 Å². The molecule has 4 nitrogen and oxygen atoms in total. The highest BCUT2D eigenvalue weighted by atomic mass is 19.1. The number of phenols is 1. The minimum atomic E-state index is -0.490. The minimum Gasteiger partial charge on any atom is -0.507 e. The van der Waals surface area contributed by atoms with E-state index in [0.717, 1.165) is 12.1 Å². The van der Waals surface area contributed by atoms with Gasteiger partial charge in [-0.05, 0) is 48.6 Å². The number of allylic oxidation sites excluding steroid dienone is 1. The van der Waals surface area contributed by atoms with Crippen molar-refractivity contribution in [2.24, 2.45) is 0 Å². The van der Waals surface area contributed by atoms with E-state index in [2.05, 4.69) is 0 Å². The Morgan fingerprint density at radius 3 is 2.50 bits per heavy atom. The molecule has 0 atom stereocenters. The summed E-state index contributed by atoms with van der Waals surface area (Å²) in [5.41, 5.74) is 0.624. The normalized spacial score (nSPS) is 10.7. The molecule has 2 rings (SSSR count). The van der Waals surface area contributed by atoms with E-state index < -0.39 is 5.82 Å². The summed E-state index contributed by atoms with van der Waals surface area (Å²) in [6, 6.07) is 8.29. The molecule has 0 radical (unpaired) electrons. The summed E-state index contributed by atoms with van der Waals surface area (Å²) in [6.07, 6.45) is 2.62. The Morgan fingerprint density at radius 2 is 1.82 bits per heavy atom. The highest BCUT2D eigenvalue weighted by Crippen LogP contribution is 2.28. The number of carbonyl (C=O) groups excluding carboxylic acids is 1. The van der Waals surface area contributed by atoms with E-state index in [1.165, 1.54) is 32.4 Å². The van der Waals surface area contributed by atoms with Crippen molar-refractivity contribution in [3.63, 3.8) is 0 Å². The maximum atomic E-state index is 13.1. The molecule has 0 fully saturated rings. The van der Waals surface area contributed by atoms with Gasteiger partial charge in [-0.1, -0.05) is 0 Å². The molecule has 0 unspecified atom stereocenters. The summed E-state index contributed by atoms with van der Waals surface area (Å²) in [4.78, 5) is 12.1. The Bertz CT molecular complexity index is 723. The first-order chi connectivity index (χ1) is 10.5. The van der Waals surface area contributed by atoms with Crippen LogP contribution in [-0.4, -0.2) is 25.1 Å². The van der Waals surface area contributed by atoms with Crippen molar-refractivity contribution in [3.8, 4) is 17.2 Å². The van der Waals surface area contributed by atoms with E-state index in [1.807, 2.05) is 0 Å². The van der Waals surface area contributed by atoms with Gasteiger partial charge in [-0.25, -0.2) is 4.39 Å². The lowest BCUT2D eigenvalue weighted by atomic mass is 10.1. The van der Waals surface area contributed by atoms with Crippen LogP contribution < -0.4 is 9.47 Å². The van der Waals surface area contributed by atoms with Gasteiger partial charge in [-0.2, -0.15) is 0 Å². The van der Waals surface area contributed by atoms with Crippen molar-refractivity contribution >= 4 is 11.9 Å². The molecule has 22 heavy (non-hydrogen) atoms. The van der Waals surface area contributed by atoms with Crippen LogP contribution in [0.2, 0.25) is 0 Å². The highest BCUT2D eigenvalue weighted by molar-refractivity contribution is 6.07. The van der Waals surface area contributed by atoms with Gasteiger partial charge in [-0.3, -0.25) is 4.79 Å². The molecule has 0 saturated carbocycles. The zero-order valence-electron chi connectivity index (χ0n) is 12.2. The van der Waals surface area contributed by atoms with Gasteiger partial charge in [0.1, 0.15) is 11.6 Å². The fraction of sp³-hybridized carbons (Fsp3) is 0.118. The number of ether oxygens (including phenoxy) is 2. The second-order valence-corrected chi connectivity index (χ2v) is 4.47. The van der Waals surface area contributed by atoms with E-state index in [-0.39, 0.29) is 17.1 Å². The zero-order chi connectivity index (χ0) is 16.1. The second-order valence-electron chi connectivity index (χ2n) is 4.47. The summed E-state index contributed by atoms with van der Waals surface area (Å²) in [5.74, 6) is 0.0690. The molecule has 0 aliphatic carbocycles. The first-order valence-corrected chi connectivity index (χ1v) is 6.48. The third-order valence-electron chi connectivity index (χ3n) is 3.07. The number of aromatic hydroxyl groups is 1. The smallest absolute Gasteiger partial charge is 0.185 e. The minimum absolute atomic E-state index is 0.0993. The number of ketones is 1. The first kappa shape index (κ1) is 15.6. The van der Waals surface area contributed by atoms with Crippen molar-refractivity contribution < 1.29 is 23.8 Å². The van der Waals surface area contributed by atoms with Crippen molar-refractivity contribution in [2.45, 2.75) is 0 Å². The summed E-state index contributed by atoms with van der Waals surface area (Å²) < 4.78 is 23.4. The monoisotopic (exact) mass is 302 g/mol. The van der Waals surface area contributed by atoms with Gasteiger partial charge in [0.15, 0.2) is 17.3 Å². The maximum absolute atomic E-state index is 13.1. The molecule has 2 aromatic carbocycles. The number of hydrogen-bond donors (Lipinski definition) is 1. The molecule has 114 valence electrons. The van der Waals surface area contributed by atoms with Crippen LogP contribution in [0.1, 0.15) is 15.9 Å². The molecule has 0 bridgehead atoms. The van der Waals surface area contributed by atoms with Gasteiger partial charge in [-0.15, -0.1) is 0 Å². The standard InChI is InChI=1S/C17H15FO4/c1-21-16-8-4-12(10-17(16)22-2)14(19)6-3-11-9-13(18)5-7-15(11)20/h3-10,20H,1-2H3. The average Bonchev–Trinajstić information content (AvgIpc) is 2.54. The van der Waals surface area contributed by atoms with Gasteiger partial charge >= 0.3 is 0 Å². The molecule has 0 aromatic heterocycles. The summed E-state index contributed by atoms with van der Waals surface area (Å²) in [6.45, 7) is 0. The molecule has 0 aliphatic rings. The largest absolute Gasteiger partial charge is 0.507 e. The lowest BCUT2D eigenvalue weighted by molar-refractivity contribution is 0.104. The lowest BCUT2D eigenvalue weighted by Crippen LogP contribution is -1.97. The van der Waals surface area contributed by atoms with E-state index >= 15 is 0 Å². The van der Waals surface area contributed by atoms with Gasteiger partial charge < -0.3 is 14.6 Å². The zero-order valence-corrected chi connectivity index (χ0v) is 12.2. The van der Waals surface area contributed by atoms with Crippen LogP contribution >= 0.6 is 0 Å². The molecular weight excluding hydrogens is 287 g/mol. The van der Waals surface area contributed by atoms with Gasteiger partial charge in [0.25, 0.3) is 0 Å². The topological polar surface area (TPSA) is 55.8 Å². The number of halogens is 1. The quantitative estimate of drug-likeness (QED) is 0.679. The molecule has 2 aromatic rings. The Morgan fingerprint density at radius 1 is 1.09 bits per heavy atom. The van der Waals surface area contributed by atoms with Crippen LogP contribution in [0.5, 0.6) is 17.2 Å². The van der Waals surface area contributed by atoms with Gasteiger partial charge in [0, 0.05) is 11.1 Å². The van der Waals surface area contributed by atoms with E-state index in [9.17, 15) is 14.3 Å². The molecule has 1 N–H and O–H groups in total. The van der Waals surface area contributed by atoms with Crippen LogP contribution in [0.25, 0.3) is 6.08 Å². The Labute approximate surface area is 127 Å². The number of hydrogen-bond acceptors (Lipinski definition) is 4. The van der Waals surface area contributed by atoms with Crippen molar-refractivity contribution in [3.05, 3.63) is 59.4 Å². The van der Waals surface area contributed by atoms with E-state index in [4.69, 9.17) is 9.47 Å². The lowest BCUT2D eigenvalue weighted by Gasteiger charge is -2.08. The van der Waals surface area contributed by atoms with Crippen LogP contribution in [-0.2, 0) is 0 Å². The predicted octanol–water partition coefficient (Wildman–Crippen LogP) is 3.44. The fourth-order valence-electron chi connectivity index (χ4n) is 1.91. The molecule has 0 saturated heterocycles. The average molecular weight is 302 g/mol. The molecular formula is C17H15FO4. The predicted molar refractivity (Wildman–Crippen MR) is 81.0 cm³/mol. The number of methoxy groups -OCH3 is 2. The molecule has 0 amide bonds. The van der Waals surface area contributed by atoms with Crippen LogP contribution in [0, 0.1) is 5.82 Å². The Kier molecular flexibility index (Phi) is 4.78. The molecule has 5 heteroatoms. The highest BCUT2D eigenvalue weighted by Gasteiger charge is 2.09. The van der Waals surface area contributed by atoms with Crippen LogP contribution in [0.15, 0.2) is 42.5 Å². The SMILES string of the molecule is COc1ccc(C(=O)C=Cc2cc(F)ccc2O)cc1OC. The number of rotatable bonds is 5. The summed E-state index contributed by atoms with van der Waals surface area (Å²) in [7, 11) is 2.98. The second kappa shape index (κ2) is 6.76. The van der Waals surface area contributed by atoms with Crippen LogP contribution in [0.4, 0.5) is 4.39 Å². The molecule has 0 heterocycles.